The molecule has 2 aliphatic heterocycles. The minimum atomic E-state index is -1.57. The van der Waals surface area contributed by atoms with Crippen LogP contribution in [0.15, 0.2) is 0 Å². The number of hydrogen-bond acceptors (Lipinski definition) is 8. The summed E-state index contributed by atoms with van der Waals surface area (Å²) in [5.74, 6) is -1.18. The Morgan fingerprint density at radius 1 is 1.15 bits per heavy atom. The molecule has 9 heteroatoms. The molecule has 0 spiro atoms. The molecule has 2 saturated heterocycles. The Kier molecular flexibility index (Phi) is 4.59. The second kappa shape index (κ2) is 5.90. The molecule has 0 amide bonds. The largest absolute Gasteiger partial charge is 0.480 e. The molecule has 6 N–H and O–H groups in total. The summed E-state index contributed by atoms with van der Waals surface area (Å²) in [4.78, 5) is 12.4. The number of ether oxygens (including phenoxy) is 1. The van der Waals surface area contributed by atoms with E-state index in [2.05, 4.69) is 0 Å². The van der Waals surface area contributed by atoms with Gasteiger partial charge >= 0.3 is 5.97 Å². The van der Waals surface area contributed by atoms with E-state index >= 15 is 0 Å². The molecule has 116 valence electrons. The third kappa shape index (κ3) is 2.66. The highest BCUT2D eigenvalue weighted by atomic mass is 16.6. The summed E-state index contributed by atoms with van der Waals surface area (Å²) in [7, 11) is 0. The molecule has 2 fully saturated rings. The van der Waals surface area contributed by atoms with Gasteiger partial charge in [0, 0.05) is 13.0 Å². The third-order valence-corrected chi connectivity index (χ3v) is 3.80. The number of nitrogens with zero attached hydrogens (tertiary/aromatic N) is 1. The van der Waals surface area contributed by atoms with Crippen LogP contribution in [0.5, 0.6) is 0 Å². The van der Waals surface area contributed by atoms with Crippen molar-refractivity contribution in [2.24, 2.45) is 0 Å². The fourth-order valence-electron chi connectivity index (χ4n) is 2.72. The van der Waals surface area contributed by atoms with Gasteiger partial charge in [-0.05, 0) is 0 Å². The first-order valence-corrected chi connectivity index (χ1v) is 6.34. The van der Waals surface area contributed by atoms with Crippen molar-refractivity contribution in [1.82, 2.24) is 4.90 Å². The second-order valence-corrected chi connectivity index (χ2v) is 5.16. The maximum atomic E-state index is 11.2. The fourth-order valence-corrected chi connectivity index (χ4v) is 2.72. The van der Waals surface area contributed by atoms with Crippen molar-refractivity contribution < 1.29 is 40.2 Å². The molecule has 0 aromatic rings. The number of rotatable bonds is 3. The molecule has 9 nitrogen and oxygen atoms in total. The second-order valence-electron chi connectivity index (χ2n) is 5.16. The van der Waals surface area contributed by atoms with E-state index in [0.29, 0.717) is 0 Å². The standard InChI is InChI=1S/C11H19NO8/c13-3-6-7(15)8(16)9(17)10(20-6)12-2-4(14)1-5(12)11(18)19/h4-10,13-17H,1-3H2,(H,18,19)/t4?,5-,6+,7-,8-,9+,10?/m0/s1. The zero-order valence-electron chi connectivity index (χ0n) is 10.6. The summed E-state index contributed by atoms with van der Waals surface area (Å²) in [5, 5.41) is 57.1. The lowest BCUT2D eigenvalue weighted by atomic mass is 9.97. The van der Waals surface area contributed by atoms with E-state index in [1.54, 1.807) is 0 Å². The van der Waals surface area contributed by atoms with Gasteiger partial charge in [0.1, 0.15) is 36.7 Å². The lowest BCUT2D eigenvalue weighted by molar-refractivity contribution is -0.267. The number of carbonyl (C=O) groups is 1. The highest BCUT2D eigenvalue weighted by Gasteiger charge is 2.50. The molecule has 2 heterocycles. The summed E-state index contributed by atoms with van der Waals surface area (Å²) >= 11 is 0. The number of carboxylic acid groups (broad SMARTS) is 1. The Hall–Kier alpha value is -0.810. The van der Waals surface area contributed by atoms with Crippen LogP contribution in [-0.4, -0.2) is 97.4 Å². The van der Waals surface area contributed by atoms with E-state index in [0.717, 1.165) is 0 Å². The first kappa shape index (κ1) is 15.6. The van der Waals surface area contributed by atoms with Crippen molar-refractivity contribution in [3.8, 4) is 0 Å². The van der Waals surface area contributed by atoms with Crippen LogP contribution < -0.4 is 0 Å². The van der Waals surface area contributed by atoms with Crippen molar-refractivity contribution in [3.63, 3.8) is 0 Å². The summed E-state index contributed by atoms with van der Waals surface area (Å²) in [6, 6.07) is -1.06. The molecule has 0 aromatic heterocycles. The minimum Gasteiger partial charge on any atom is -0.480 e. The molecule has 2 unspecified atom stereocenters. The number of carboxylic acids is 1. The van der Waals surface area contributed by atoms with Gasteiger partial charge in [-0.25, -0.2) is 0 Å². The van der Waals surface area contributed by atoms with Crippen LogP contribution in [0.1, 0.15) is 6.42 Å². The molecule has 2 aliphatic rings. The van der Waals surface area contributed by atoms with Gasteiger partial charge in [0.15, 0.2) is 0 Å². The normalized spacial score (nSPS) is 46.5. The van der Waals surface area contributed by atoms with Crippen LogP contribution in [0.25, 0.3) is 0 Å². The van der Waals surface area contributed by atoms with E-state index in [4.69, 9.17) is 14.9 Å². The van der Waals surface area contributed by atoms with Crippen LogP contribution in [0.2, 0.25) is 0 Å². The van der Waals surface area contributed by atoms with E-state index in [-0.39, 0.29) is 13.0 Å². The Morgan fingerprint density at radius 2 is 1.80 bits per heavy atom. The summed E-state index contributed by atoms with van der Waals surface area (Å²) < 4.78 is 5.28. The van der Waals surface area contributed by atoms with Gasteiger partial charge in [-0.3, -0.25) is 9.69 Å². The molecule has 2 rings (SSSR count). The first-order valence-electron chi connectivity index (χ1n) is 6.34. The lowest BCUT2D eigenvalue weighted by Gasteiger charge is -2.44. The van der Waals surface area contributed by atoms with Gasteiger partial charge in [0.05, 0.1) is 12.7 Å². The topological polar surface area (TPSA) is 151 Å². The van der Waals surface area contributed by atoms with Crippen LogP contribution >= 0.6 is 0 Å². The van der Waals surface area contributed by atoms with Gasteiger partial charge in [0.25, 0.3) is 0 Å². The van der Waals surface area contributed by atoms with Gasteiger partial charge in [-0.2, -0.15) is 0 Å². The highest BCUT2D eigenvalue weighted by Crippen LogP contribution is 2.29. The number of likely N-dealkylation sites (tertiary alicyclic amines) is 1. The van der Waals surface area contributed by atoms with Crippen molar-refractivity contribution in [2.75, 3.05) is 13.2 Å². The number of aliphatic hydroxyl groups is 5. The summed E-state index contributed by atoms with van der Waals surface area (Å²) in [6.45, 7) is -0.630. The number of hydrogen-bond donors (Lipinski definition) is 6. The molecule has 0 saturated carbocycles. The SMILES string of the molecule is O=C(O)[C@@H]1CC(O)CN1C1O[C@H](CO)[C@H](O)[C@H](O)[C@H]1O. The van der Waals surface area contributed by atoms with Gasteiger partial charge in [-0.15, -0.1) is 0 Å². The fraction of sp³-hybridized carbons (Fsp3) is 0.909. The summed E-state index contributed by atoms with van der Waals surface area (Å²) in [5.41, 5.74) is 0. The number of aliphatic hydroxyl groups excluding tert-OH is 5. The molecule has 20 heavy (non-hydrogen) atoms. The first-order chi connectivity index (χ1) is 9.36. The zero-order chi connectivity index (χ0) is 15.0. The van der Waals surface area contributed by atoms with E-state index in [1.165, 1.54) is 4.90 Å². The van der Waals surface area contributed by atoms with Crippen LogP contribution in [0, 0.1) is 0 Å². The highest BCUT2D eigenvalue weighted by molar-refractivity contribution is 5.74. The molecule has 7 atom stereocenters. The lowest BCUT2D eigenvalue weighted by Crippen LogP contribution is -2.64. The Labute approximate surface area is 114 Å². The molecular weight excluding hydrogens is 274 g/mol. The van der Waals surface area contributed by atoms with E-state index in [9.17, 15) is 25.2 Å². The van der Waals surface area contributed by atoms with Crippen molar-refractivity contribution in [3.05, 3.63) is 0 Å². The molecular formula is C11H19NO8. The number of β-amino-alcohol motifs (C(OH)–C–C–N with tert-alkyl or cyclic N) is 1. The Bertz CT molecular complexity index is 364. The van der Waals surface area contributed by atoms with Gasteiger partial charge < -0.3 is 35.4 Å². The Balaban J connectivity index is 2.19. The van der Waals surface area contributed by atoms with Gasteiger partial charge in [0.2, 0.25) is 0 Å². The Morgan fingerprint density at radius 3 is 2.35 bits per heavy atom. The van der Waals surface area contributed by atoms with E-state index < -0.39 is 55.4 Å². The molecule has 0 bridgehead atoms. The zero-order valence-corrected chi connectivity index (χ0v) is 10.6. The molecule has 0 aliphatic carbocycles. The molecule has 0 aromatic carbocycles. The predicted molar refractivity (Wildman–Crippen MR) is 62.5 cm³/mol. The van der Waals surface area contributed by atoms with Crippen LogP contribution in [-0.2, 0) is 9.53 Å². The number of aliphatic carboxylic acids is 1. The summed E-state index contributed by atoms with van der Waals surface area (Å²) in [6.07, 6.45) is -7.84. The smallest absolute Gasteiger partial charge is 0.321 e. The van der Waals surface area contributed by atoms with Crippen molar-refractivity contribution in [1.29, 1.82) is 0 Å². The van der Waals surface area contributed by atoms with Crippen LogP contribution in [0.3, 0.4) is 0 Å². The maximum absolute atomic E-state index is 11.2. The monoisotopic (exact) mass is 293 g/mol. The molecule has 0 radical (unpaired) electrons. The van der Waals surface area contributed by atoms with Crippen LogP contribution in [0.4, 0.5) is 0 Å². The predicted octanol–water partition coefficient (Wildman–Crippen LogP) is -3.69. The van der Waals surface area contributed by atoms with E-state index in [1.807, 2.05) is 0 Å². The van der Waals surface area contributed by atoms with Crippen molar-refractivity contribution >= 4 is 5.97 Å². The average Bonchev–Trinajstić information content (AvgIpc) is 2.78. The average molecular weight is 293 g/mol. The van der Waals surface area contributed by atoms with Gasteiger partial charge in [-0.1, -0.05) is 0 Å². The third-order valence-electron chi connectivity index (χ3n) is 3.80. The quantitative estimate of drug-likeness (QED) is 0.309. The minimum absolute atomic E-state index is 0.0235. The maximum Gasteiger partial charge on any atom is 0.321 e. The van der Waals surface area contributed by atoms with Crippen molar-refractivity contribution in [2.45, 2.75) is 49.2 Å².